The number of hydrogen-bond acceptors (Lipinski definition) is 4. The van der Waals surface area contributed by atoms with Crippen LogP contribution >= 0.6 is 11.6 Å². The van der Waals surface area contributed by atoms with Gasteiger partial charge in [0.05, 0.1) is 33.0 Å². The second-order valence-electron chi connectivity index (χ2n) is 7.65. The zero-order chi connectivity index (χ0) is 22.7. The van der Waals surface area contributed by atoms with E-state index in [2.05, 4.69) is 29.1 Å². The predicted molar refractivity (Wildman–Crippen MR) is 127 cm³/mol. The average molecular weight is 449 g/mol. The molecule has 4 rings (SSSR count). The molecular weight excluding hydrogens is 427 g/mol. The first kappa shape index (κ1) is 21.9. The van der Waals surface area contributed by atoms with Gasteiger partial charge in [0, 0.05) is 12.6 Å². The van der Waals surface area contributed by atoms with Crippen molar-refractivity contribution in [3.63, 3.8) is 0 Å². The van der Waals surface area contributed by atoms with Gasteiger partial charge in [-0.1, -0.05) is 43.6 Å². The lowest BCUT2D eigenvalue weighted by Crippen LogP contribution is -2.23. The Morgan fingerprint density at radius 3 is 2.66 bits per heavy atom. The number of halogens is 2. The summed E-state index contributed by atoms with van der Waals surface area (Å²) in [5.74, 6) is -0.129. The number of fused-ring (bicyclic) bond motifs is 1. The molecule has 2 aromatic heterocycles. The number of hydrogen-bond donors (Lipinski definition) is 1. The maximum Gasteiger partial charge on any atom is 0.266 e. The summed E-state index contributed by atoms with van der Waals surface area (Å²) in [7, 11) is 0. The van der Waals surface area contributed by atoms with Crippen LogP contribution in [0.1, 0.15) is 31.1 Å². The van der Waals surface area contributed by atoms with Crippen LogP contribution in [-0.4, -0.2) is 20.6 Å². The van der Waals surface area contributed by atoms with E-state index >= 15 is 0 Å². The van der Waals surface area contributed by atoms with Gasteiger partial charge in [-0.3, -0.25) is 14.3 Å². The smallest absolute Gasteiger partial charge is 0.266 e. The Morgan fingerprint density at radius 1 is 1.06 bits per heavy atom. The molecule has 32 heavy (non-hydrogen) atoms. The highest BCUT2D eigenvalue weighted by atomic mass is 35.5. The summed E-state index contributed by atoms with van der Waals surface area (Å²) in [6.07, 6.45) is 3.51. The molecule has 4 aromatic rings. The maximum absolute atomic E-state index is 13.8. The number of aromatic nitrogens is 3. The van der Waals surface area contributed by atoms with Crippen molar-refractivity contribution in [3.8, 4) is 5.69 Å². The number of rotatable bonds is 6. The summed E-state index contributed by atoms with van der Waals surface area (Å²) < 4.78 is 15.2. The van der Waals surface area contributed by atoms with Gasteiger partial charge in [0.25, 0.3) is 5.56 Å². The normalized spacial score (nSPS) is 11.7. The van der Waals surface area contributed by atoms with Gasteiger partial charge in [0.15, 0.2) is 0 Å². The van der Waals surface area contributed by atoms with E-state index in [1.165, 1.54) is 22.8 Å². The van der Waals surface area contributed by atoms with Crippen LogP contribution in [-0.2, 0) is 6.54 Å². The minimum Gasteiger partial charge on any atom is -0.309 e. The fourth-order valence-corrected chi connectivity index (χ4v) is 3.53. The van der Waals surface area contributed by atoms with Crippen molar-refractivity contribution in [2.24, 2.45) is 0 Å². The van der Waals surface area contributed by atoms with Crippen LogP contribution in [0.2, 0.25) is 5.02 Å². The molecule has 0 aliphatic rings. The van der Waals surface area contributed by atoms with Crippen LogP contribution in [0.15, 0.2) is 65.5 Å². The molecule has 0 saturated carbocycles. The Balaban J connectivity index is 1.83. The zero-order valence-corrected chi connectivity index (χ0v) is 18.5. The van der Waals surface area contributed by atoms with Crippen molar-refractivity contribution in [2.75, 3.05) is 0 Å². The molecular formula is C25H22ClFN4O. The fourth-order valence-electron chi connectivity index (χ4n) is 3.31. The summed E-state index contributed by atoms with van der Waals surface area (Å²) in [5, 5.41) is 3.91. The minimum absolute atomic E-state index is 0.182. The van der Waals surface area contributed by atoms with E-state index in [-0.39, 0.29) is 5.39 Å². The van der Waals surface area contributed by atoms with Crippen molar-refractivity contribution in [1.29, 1.82) is 0 Å². The molecule has 0 amide bonds. The molecule has 5 nitrogen and oxygen atoms in total. The first-order valence-corrected chi connectivity index (χ1v) is 10.6. The zero-order valence-electron chi connectivity index (χ0n) is 17.7. The molecule has 0 spiro atoms. The van der Waals surface area contributed by atoms with Gasteiger partial charge < -0.3 is 5.32 Å². The van der Waals surface area contributed by atoms with Gasteiger partial charge in [-0.15, -0.1) is 0 Å². The highest BCUT2D eigenvalue weighted by Crippen LogP contribution is 2.22. The summed E-state index contributed by atoms with van der Waals surface area (Å²) in [4.78, 5) is 22.5. The van der Waals surface area contributed by atoms with Crippen LogP contribution in [0, 0.1) is 5.82 Å². The molecule has 2 aromatic carbocycles. The molecule has 0 radical (unpaired) electrons. The van der Waals surface area contributed by atoms with E-state index < -0.39 is 11.4 Å². The van der Waals surface area contributed by atoms with Gasteiger partial charge in [-0.2, -0.15) is 0 Å². The lowest BCUT2D eigenvalue weighted by atomic mass is 10.2. The third-order valence-corrected chi connectivity index (χ3v) is 5.19. The third-order valence-electron chi connectivity index (χ3n) is 4.87. The first-order valence-electron chi connectivity index (χ1n) is 10.3. The van der Waals surface area contributed by atoms with Crippen molar-refractivity contribution in [3.05, 3.63) is 99.1 Å². The second kappa shape index (κ2) is 9.42. The number of nitrogens with one attached hydrogen (secondary N) is 1. The highest BCUT2D eigenvalue weighted by Gasteiger charge is 2.14. The van der Waals surface area contributed by atoms with Crippen LogP contribution < -0.4 is 10.9 Å². The summed E-state index contributed by atoms with van der Waals surface area (Å²) in [6, 6.07) is 17.1. The standard InChI is InChI=1S/C25H22ClFN4O/c1-16(2)28-15-19-7-5-6-18(29-19)11-13-24-30-22-12-10-17(27)14-20(22)25(32)31(24)23-9-4-3-8-21(23)26/h3-14,16,28H,15H2,1-2H3/b13-11+. The summed E-state index contributed by atoms with van der Waals surface area (Å²) in [6.45, 7) is 4.81. The number of pyridine rings is 1. The molecule has 162 valence electrons. The number of nitrogens with zero attached hydrogens (tertiary/aromatic N) is 3. The largest absolute Gasteiger partial charge is 0.309 e. The quantitative estimate of drug-likeness (QED) is 0.438. The van der Waals surface area contributed by atoms with E-state index in [0.29, 0.717) is 34.6 Å². The molecule has 0 aliphatic heterocycles. The van der Waals surface area contributed by atoms with E-state index in [1.807, 2.05) is 18.2 Å². The van der Waals surface area contributed by atoms with Crippen molar-refractivity contribution < 1.29 is 4.39 Å². The lowest BCUT2D eigenvalue weighted by molar-refractivity contribution is 0.581. The van der Waals surface area contributed by atoms with Gasteiger partial charge in [-0.05, 0) is 54.6 Å². The molecule has 0 aliphatic carbocycles. The Bertz CT molecular complexity index is 1360. The number of benzene rings is 2. The molecule has 0 unspecified atom stereocenters. The predicted octanol–water partition coefficient (Wildman–Crippen LogP) is 5.24. The topological polar surface area (TPSA) is 59.8 Å². The fraction of sp³-hybridized carbons (Fsp3) is 0.160. The van der Waals surface area contributed by atoms with Crippen LogP contribution in [0.3, 0.4) is 0 Å². The van der Waals surface area contributed by atoms with Gasteiger partial charge in [0.1, 0.15) is 11.6 Å². The van der Waals surface area contributed by atoms with E-state index in [0.717, 1.165) is 11.4 Å². The Labute approximate surface area is 190 Å². The SMILES string of the molecule is CC(C)NCc1cccc(/C=C/c2nc3ccc(F)cc3c(=O)n2-c2ccccc2Cl)n1. The molecule has 1 N–H and O–H groups in total. The van der Waals surface area contributed by atoms with Crippen LogP contribution in [0.4, 0.5) is 4.39 Å². The summed E-state index contributed by atoms with van der Waals surface area (Å²) in [5.41, 5.74) is 2.12. The molecule has 2 heterocycles. The molecule has 0 bridgehead atoms. The van der Waals surface area contributed by atoms with Crippen molar-refractivity contribution >= 4 is 34.7 Å². The van der Waals surface area contributed by atoms with Crippen LogP contribution in [0.25, 0.3) is 28.7 Å². The Hall–Kier alpha value is -3.35. The summed E-state index contributed by atoms with van der Waals surface area (Å²) >= 11 is 6.38. The minimum atomic E-state index is -0.499. The highest BCUT2D eigenvalue weighted by molar-refractivity contribution is 6.32. The maximum atomic E-state index is 13.8. The van der Waals surface area contributed by atoms with E-state index in [1.54, 1.807) is 36.4 Å². The molecule has 0 saturated heterocycles. The molecule has 7 heteroatoms. The van der Waals surface area contributed by atoms with Gasteiger partial charge in [-0.25, -0.2) is 9.37 Å². The molecule has 0 fully saturated rings. The third kappa shape index (κ3) is 4.77. The van der Waals surface area contributed by atoms with Crippen LogP contribution in [0.5, 0.6) is 0 Å². The monoisotopic (exact) mass is 448 g/mol. The van der Waals surface area contributed by atoms with E-state index in [4.69, 9.17) is 11.6 Å². The van der Waals surface area contributed by atoms with Crippen molar-refractivity contribution in [1.82, 2.24) is 19.9 Å². The van der Waals surface area contributed by atoms with E-state index in [9.17, 15) is 9.18 Å². The Morgan fingerprint density at radius 2 is 1.88 bits per heavy atom. The lowest BCUT2D eigenvalue weighted by Gasteiger charge is -2.13. The van der Waals surface area contributed by atoms with Gasteiger partial charge >= 0.3 is 0 Å². The first-order chi connectivity index (χ1) is 15.4. The molecule has 0 atom stereocenters. The van der Waals surface area contributed by atoms with Crippen molar-refractivity contribution in [2.45, 2.75) is 26.4 Å². The number of para-hydroxylation sites is 1. The van der Waals surface area contributed by atoms with Gasteiger partial charge in [0.2, 0.25) is 0 Å². The Kier molecular flexibility index (Phi) is 6.44. The second-order valence-corrected chi connectivity index (χ2v) is 8.05. The average Bonchev–Trinajstić information content (AvgIpc) is 2.78.